The van der Waals surface area contributed by atoms with Crippen molar-refractivity contribution in [1.29, 1.82) is 0 Å². The van der Waals surface area contributed by atoms with Gasteiger partial charge in [0.05, 0.1) is 17.9 Å². The van der Waals surface area contributed by atoms with Crippen LogP contribution in [0.1, 0.15) is 16.2 Å². The monoisotopic (exact) mass is 384 g/mol. The second kappa shape index (κ2) is 6.16. The Balaban J connectivity index is 2.15. The second-order valence-corrected chi connectivity index (χ2v) is 5.48. The summed E-state index contributed by atoms with van der Waals surface area (Å²) >= 11 is 6.90. The normalized spacial score (nSPS) is 10.2. The van der Waals surface area contributed by atoms with Crippen molar-refractivity contribution in [3.05, 3.63) is 56.7 Å². The molecule has 2 rings (SSSR count). The van der Waals surface area contributed by atoms with Crippen LogP contribution in [0.2, 0.25) is 0 Å². The fourth-order valence-electron chi connectivity index (χ4n) is 1.54. The van der Waals surface area contributed by atoms with Crippen LogP contribution < -0.4 is 5.32 Å². The molecular formula is C13H10Br2N2O2. The van der Waals surface area contributed by atoms with E-state index in [1.54, 1.807) is 12.1 Å². The highest BCUT2D eigenvalue weighted by Gasteiger charge is 2.07. The number of carbonyl (C=O) groups is 1. The van der Waals surface area contributed by atoms with E-state index in [0.717, 1.165) is 14.6 Å². The van der Waals surface area contributed by atoms with Gasteiger partial charge in [-0.25, -0.2) is 9.78 Å². The van der Waals surface area contributed by atoms with Crippen molar-refractivity contribution in [1.82, 2.24) is 4.98 Å². The number of carboxylic acid groups (broad SMARTS) is 1. The van der Waals surface area contributed by atoms with Crippen molar-refractivity contribution < 1.29 is 9.90 Å². The van der Waals surface area contributed by atoms with Crippen molar-refractivity contribution in [2.24, 2.45) is 0 Å². The Hall–Kier alpha value is -1.40. The van der Waals surface area contributed by atoms with Crippen LogP contribution in [0.4, 0.5) is 5.69 Å². The van der Waals surface area contributed by atoms with Crippen LogP contribution in [0.15, 0.2) is 45.3 Å². The lowest BCUT2D eigenvalue weighted by molar-refractivity contribution is 0.0690. The minimum Gasteiger partial charge on any atom is -0.477 e. The molecule has 0 saturated carbocycles. The zero-order valence-corrected chi connectivity index (χ0v) is 12.9. The predicted molar refractivity (Wildman–Crippen MR) is 80.4 cm³/mol. The van der Waals surface area contributed by atoms with Crippen LogP contribution in [0.25, 0.3) is 0 Å². The summed E-state index contributed by atoms with van der Waals surface area (Å²) < 4.78 is 1.85. The molecule has 0 spiro atoms. The first kappa shape index (κ1) is 14.0. The number of aromatic nitrogens is 1. The first-order chi connectivity index (χ1) is 9.08. The fraction of sp³-hybridized carbons (Fsp3) is 0.0769. The molecule has 0 atom stereocenters. The number of para-hydroxylation sites is 1. The fourth-order valence-corrected chi connectivity index (χ4v) is 2.82. The Morgan fingerprint density at radius 2 is 1.79 bits per heavy atom. The zero-order chi connectivity index (χ0) is 13.8. The molecule has 2 aromatic rings. The Morgan fingerprint density at radius 1 is 1.16 bits per heavy atom. The molecule has 98 valence electrons. The number of pyridine rings is 1. The molecule has 4 nitrogen and oxygen atoms in total. The van der Waals surface area contributed by atoms with Gasteiger partial charge in [0.2, 0.25) is 0 Å². The van der Waals surface area contributed by atoms with Gasteiger partial charge in [0.25, 0.3) is 0 Å². The van der Waals surface area contributed by atoms with Gasteiger partial charge in [-0.15, -0.1) is 0 Å². The van der Waals surface area contributed by atoms with E-state index in [4.69, 9.17) is 5.11 Å². The minimum atomic E-state index is -1.02. The van der Waals surface area contributed by atoms with E-state index in [2.05, 4.69) is 42.2 Å². The summed E-state index contributed by atoms with van der Waals surface area (Å²) in [6.07, 6.45) is 0. The Labute approximate surface area is 127 Å². The number of carboxylic acids is 1. The third-order valence-electron chi connectivity index (χ3n) is 2.43. The Kier molecular flexibility index (Phi) is 4.55. The van der Waals surface area contributed by atoms with Crippen LogP contribution >= 0.6 is 31.9 Å². The molecule has 0 bridgehead atoms. The summed E-state index contributed by atoms with van der Waals surface area (Å²) in [5, 5.41) is 12.1. The number of benzene rings is 1. The van der Waals surface area contributed by atoms with Gasteiger partial charge < -0.3 is 10.4 Å². The summed E-state index contributed by atoms with van der Waals surface area (Å²) in [6, 6.07) is 10.7. The molecule has 0 unspecified atom stereocenters. The molecule has 0 aliphatic rings. The van der Waals surface area contributed by atoms with Gasteiger partial charge in [0.15, 0.2) is 0 Å². The number of nitrogens with zero attached hydrogens (tertiary/aromatic N) is 1. The molecule has 6 heteroatoms. The maximum Gasteiger partial charge on any atom is 0.354 e. The highest BCUT2D eigenvalue weighted by atomic mass is 79.9. The number of hydrogen-bond donors (Lipinski definition) is 2. The molecule has 1 aromatic carbocycles. The van der Waals surface area contributed by atoms with Crippen LogP contribution in [0, 0.1) is 0 Å². The molecule has 0 radical (unpaired) electrons. The molecular weight excluding hydrogens is 376 g/mol. The third-order valence-corrected chi connectivity index (χ3v) is 3.76. The van der Waals surface area contributed by atoms with E-state index < -0.39 is 5.97 Å². The standard InChI is InChI=1S/C13H10Br2N2O2/c14-9-4-2-5-10(15)12(9)16-7-8-3-1-6-11(17-8)13(18)19/h1-6,16H,7H2,(H,18,19). The first-order valence-corrected chi connectivity index (χ1v) is 7.03. The van der Waals surface area contributed by atoms with Gasteiger partial charge >= 0.3 is 5.97 Å². The van der Waals surface area contributed by atoms with E-state index in [0.29, 0.717) is 12.2 Å². The number of hydrogen-bond acceptors (Lipinski definition) is 3. The van der Waals surface area contributed by atoms with Crippen molar-refractivity contribution >= 4 is 43.5 Å². The molecule has 0 aliphatic carbocycles. The van der Waals surface area contributed by atoms with E-state index in [-0.39, 0.29) is 5.69 Å². The van der Waals surface area contributed by atoms with Gasteiger partial charge in [0, 0.05) is 8.95 Å². The quantitative estimate of drug-likeness (QED) is 0.837. The van der Waals surface area contributed by atoms with E-state index in [9.17, 15) is 4.79 Å². The summed E-state index contributed by atoms with van der Waals surface area (Å²) in [6.45, 7) is 0.447. The van der Waals surface area contributed by atoms with E-state index in [1.165, 1.54) is 6.07 Å². The number of halogens is 2. The lowest BCUT2D eigenvalue weighted by atomic mass is 10.2. The summed E-state index contributed by atoms with van der Waals surface area (Å²) in [7, 11) is 0. The first-order valence-electron chi connectivity index (χ1n) is 5.45. The maximum atomic E-state index is 10.8. The highest BCUT2D eigenvalue weighted by molar-refractivity contribution is 9.11. The smallest absolute Gasteiger partial charge is 0.354 e. The van der Waals surface area contributed by atoms with Crippen LogP contribution in [-0.2, 0) is 6.54 Å². The molecule has 0 aliphatic heterocycles. The van der Waals surface area contributed by atoms with Gasteiger partial charge in [-0.3, -0.25) is 0 Å². The van der Waals surface area contributed by atoms with E-state index in [1.807, 2.05) is 18.2 Å². The SMILES string of the molecule is O=C(O)c1cccc(CNc2c(Br)cccc2Br)n1. The van der Waals surface area contributed by atoms with Crippen molar-refractivity contribution in [2.75, 3.05) is 5.32 Å². The van der Waals surface area contributed by atoms with Crippen molar-refractivity contribution in [3.63, 3.8) is 0 Å². The topological polar surface area (TPSA) is 62.2 Å². The molecule has 0 amide bonds. The number of nitrogens with one attached hydrogen (secondary N) is 1. The highest BCUT2D eigenvalue weighted by Crippen LogP contribution is 2.30. The Bertz CT molecular complexity index is 597. The second-order valence-electron chi connectivity index (χ2n) is 3.77. The molecule has 19 heavy (non-hydrogen) atoms. The number of rotatable bonds is 4. The minimum absolute atomic E-state index is 0.0468. The lowest BCUT2D eigenvalue weighted by Gasteiger charge is -2.10. The average molecular weight is 386 g/mol. The summed E-state index contributed by atoms with van der Waals surface area (Å²) in [4.78, 5) is 14.9. The van der Waals surface area contributed by atoms with Crippen molar-refractivity contribution in [3.8, 4) is 0 Å². The van der Waals surface area contributed by atoms with Gasteiger partial charge in [-0.1, -0.05) is 12.1 Å². The molecule has 1 aromatic heterocycles. The van der Waals surface area contributed by atoms with Crippen molar-refractivity contribution in [2.45, 2.75) is 6.54 Å². The summed E-state index contributed by atoms with van der Waals surface area (Å²) in [5.74, 6) is -1.02. The summed E-state index contributed by atoms with van der Waals surface area (Å²) in [5.41, 5.74) is 1.62. The molecule has 0 saturated heterocycles. The number of anilines is 1. The third kappa shape index (κ3) is 3.54. The molecule has 1 heterocycles. The largest absolute Gasteiger partial charge is 0.477 e. The predicted octanol–water partition coefficient (Wildman–Crippen LogP) is 3.92. The van der Waals surface area contributed by atoms with Gasteiger partial charge in [0.1, 0.15) is 5.69 Å². The average Bonchev–Trinajstić information content (AvgIpc) is 2.38. The van der Waals surface area contributed by atoms with Gasteiger partial charge in [-0.05, 0) is 56.1 Å². The zero-order valence-electron chi connectivity index (χ0n) is 9.73. The maximum absolute atomic E-state index is 10.8. The van der Waals surface area contributed by atoms with Gasteiger partial charge in [-0.2, -0.15) is 0 Å². The van der Waals surface area contributed by atoms with Crippen LogP contribution in [0.5, 0.6) is 0 Å². The molecule has 0 fully saturated rings. The van der Waals surface area contributed by atoms with Crippen LogP contribution in [-0.4, -0.2) is 16.1 Å². The molecule has 2 N–H and O–H groups in total. The number of aromatic carboxylic acids is 1. The van der Waals surface area contributed by atoms with E-state index >= 15 is 0 Å². The van der Waals surface area contributed by atoms with Crippen LogP contribution in [0.3, 0.4) is 0 Å². The Morgan fingerprint density at radius 3 is 2.42 bits per heavy atom. The lowest BCUT2D eigenvalue weighted by Crippen LogP contribution is -2.07.